The van der Waals surface area contributed by atoms with E-state index in [1.807, 2.05) is 0 Å². The maximum absolute atomic E-state index is 13.1. The summed E-state index contributed by atoms with van der Waals surface area (Å²) in [4.78, 5) is 11.9. The largest absolute Gasteiger partial charge is 0.323 e. The number of carbonyl (C=O) groups is 1. The molecule has 0 atom stereocenters. The fourth-order valence-corrected chi connectivity index (χ4v) is 2.71. The first kappa shape index (κ1) is 16.4. The summed E-state index contributed by atoms with van der Waals surface area (Å²) < 4.78 is 13.4. The van der Waals surface area contributed by atoms with Gasteiger partial charge in [0.15, 0.2) is 0 Å². The summed E-state index contributed by atoms with van der Waals surface area (Å²) in [7, 11) is 0. The summed E-state index contributed by atoms with van der Waals surface area (Å²) in [5, 5.41) is 5.85. The van der Waals surface area contributed by atoms with Gasteiger partial charge in [-0.2, -0.15) is 0 Å². The molecule has 0 unspecified atom stereocenters. The van der Waals surface area contributed by atoms with E-state index in [-0.39, 0.29) is 10.7 Å². The molecule has 0 bridgehead atoms. The second-order valence-corrected chi connectivity index (χ2v) is 6.03. The summed E-state index contributed by atoms with van der Waals surface area (Å²) in [6, 6.07) is 6.39. The third-order valence-corrected chi connectivity index (χ3v) is 4.09. The third kappa shape index (κ3) is 4.23. The van der Waals surface area contributed by atoms with Crippen molar-refractivity contribution in [2.45, 2.75) is 0 Å². The highest BCUT2D eigenvalue weighted by molar-refractivity contribution is 9.10. The number of carbonyl (C=O) groups excluding carboxylic acids is 1. The number of urea groups is 1. The molecule has 2 aromatic rings. The number of rotatable bonds is 2. The first-order valence-corrected chi connectivity index (χ1v) is 7.47. The summed E-state index contributed by atoms with van der Waals surface area (Å²) in [5.41, 5.74) is 0.715. The number of amides is 2. The average Bonchev–Trinajstić information content (AvgIpc) is 2.38. The van der Waals surface area contributed by atoms with Gasteiger partial charge in [0.05, 0.1) is 20.8 Å². The van der Waals surface area contributed by atoms with Crippen LogP contribution in [0.1, 0.15) is 0 Å². The van der Waals surface area contributed by atoms with Crippen molar-refractivity contribution in [1.82, 2.24) is 0 Å². The number of hydrogen-bond acceptors (Lipinski definition) is 1. The van der Waals surface area contributed by atoms with E-state index in [9.17, 15) is 9.18 Å². The van der Waals surface area contributed by atoms with E-state index in [0.29, 0.717) is 20.2 Å². The van der Waals surface area contributed by atoms with Crippen LogP contribution in [0.5, 0.6) is 0 Å². The van der Waals surface area contributed by atoms with Gasteiger partial charge >= 0.3 is 6.03 Å². The zero-order valence-corrected chi connectivity index (χ0v) is 14.0. The molecule has 0 aliphatic carbocycles. The zero-order valence-electron chi connectivity index (χ0n) is 10.2. The zero-order chi connectivity index (χ0) is 15.6. The van der Waals surface area contributed by atoms with Crippen molar-refractivity contribution < 1.29 is 9.18 Å². The molecule has 0 saturated heterocycles. The van der Waals surface area contributed by atoms with Gasteiger partial charge < -0.3 is 10.6 Å². The molecule has 3 nitrogen and oxygen atoms in total. The fourth-order valence-electron chi connectivity index (χ4n) is 1.51. The van der Waals surface area contributed by atoms with Crippen molar-refractivity contribution in [3.63, 3.8) is 0 Å². The van der Waals surface area contributed by atoms with E-state index in [1.54, 1.807) is 12.1 Å². The van der Waals surface area contributed by atoms with E-state index in [1.165, 1.54) is 12.1 Å². The van der Waals surface area contributed by atoms with Crippen LogP contribution in [-0.2, 0) is 0 Å². The second-order valence-electron chi connectivity index (χ2n) is 3.95. The lowest BCUT2D eigenvalue weighted by atomic mass is 10.3. The van der Waals surface area contributed by atoms with Gasteiger partial charge in [-0.15, -0.1) is 0 Å². The molecular weight excluding hydrogens is 405 g/mol. The summed E-state index contributed by atoms with van der Waals surface area (Å²) >= 11 is 20.6. The lowest BCUT2D eigenvalue weighted by molar-refractivity contribution is 0.262. The van der Waals surface area contributed by atoms with Gasteiger partial charge in [0, 0.05) is 10.2 Å². The van der Waals surface area contributed by atoms with Crippen molar-refractivity contribution in [2.75, 3.05) is 10.6 Å². The number of hydrogen-bond donors (Lipinski definition) is 2. The van der Waals surface area contributed by atoms with E-state index < -0.39 is 11.8 Å². The Kier molecular flexibility index (Phi) is 5.32. The third-order valence-electron chi connectivity index (χ3n) is 2.42. The molecule has 0 fully saturated rings. The maximum atomic E-state index is 13.1. The minimum atomic E-state index is -0.553. The Bertz CT molecular complexity index is 689. The summed E-state index contributed by atoms with van der Waals surface area (Å²) in [6.07, 6.45) is 0. The van der Waals surface area contributed by atoms with Crippen molar-refractivity contribution in [1.29, 1.82) is 0 Å². The monoisotopic (exact) mass is 410 g/mol. The first-order chi connectivity index (χ1) is 9.86. The van der Waals surface area contributed by atoms with E-state index in [2.05, 4.69) is 26.6 Å². The highest BCUT2D eigenvalue weighted by atomic mass is 79.9. The van der Waals surface area contributed by atoms with Crippen molar-refractivity contribution >= 4 is 68.1 Å². The van der Waals surface area contributed by atoms with E-state index in [4.69, 9.17) is 34.8 Å². The molecule has 110 valence electrons. The standard InChI is InChI=1S/C13H7BrCl3FN2O/c14-8-3-6(18)4-11(17)12(8)20-13(21)19-7-1-2-9(15)10(16)5-7/h1-5H,(H2,19,20,21). The molecule has 0 aliphatic heterocycles. The molecule has 0 heterocycles. The van der Waals surface area contributed by atoms with Crippen LogP contribution < -0.4 is 10.6 Å². The number of halogens is 5. The van der Waals surface area contributed by atoms with Crippen LogP contribution in [0.4, 0.5) is 20.6 Å². The maximum Gasteiger partial charge on any atom is 0.323 e. The molecule has 0 saturated carbocycles. The Morgan fingerprint density at radius 3 is 2.33 bits per heavy atom. The molecule has 0 aromatic heterocycles. The van der Waals surface area contributed by atoms with Crippen LogP contribution in [0, 0.1) is 5.82 Å². The number of anilines is 2. The Balaban J connectivity index is 2.13. The summed E-state index contributed by atoms with van der Waals surface area (Å²) in [6.45, 7) is 0. The van der Waals surface area contributed by atoms with Crippen molar-refractivity contribution in [3.8, 4) is 0 Å². The van der Waals surface area contributed by atoms with Crippen LogP contribution in [0.3, 0.4) is 0 Å². The van der Waals surface area contributed by atoms with Crippen LogP contribution >= 0.6 is 50.7 Å². The van der Waals surface area contributed by atoms with Gasteiger partial charge in [0.25, 0.3) is 0 Å². The van der Waals surface area contributed by atoms with Crippen LogP contribution in [0.15, 0.2) is 34.8 Å². The quantitative estimate of drug-likeness (QED) is 0.606. The number of nitrogens with one attached hydrogen (secondary N) is 2. The molecule has 0 aliphatic rings. The predicted molar refractivity (Wildman–Crippen MR) is 88.2 cm³/mol. The van der Waals surface area contributed by atoms with Crippen LogP contribution in [0.25, 0.3) is 0 Å². The number of benzene rings is 2. The van der Waals surface area contributed by atoms with Gasteiger partial charge in [0.1, 0.15) is 5.82 Å². The van der Waals surface area contributed by atoms with Gasteiger partial charge in [-0.25, -0.2) is 9.18 Å². The fraction of sp³-hybridized carbons (Fsp3) is 0. The lowest BCUT2D eigenvalue weighted by Gasteiger charge is -2.11. The molecular formula is C13H7BrCl3FN2O. The Morgan fingerprint density at radius 2 is 1.71 bits per heavy atom. The second kappa shape index (κ2) is 6.83. The molecule has 2 aromatic carbocycles. The molecule has 2 amide bonds. The minimum Gasteiger partial charge on any atom is -0.308 e. The van der Waals surface area contributed by atoms with E-state index in [0.717, 1.165) is 6.07 Å². The Hall–Kier alpha value is -1.01. The summed E-state index contributed by atoms with van der Waals surface area (Å²) in [5.74, 6) is -0.512. The highest BCUT2D eigenvalue weighted by Crippen LogP contribution is 2.32. The van der Waals surface area contributed by atoms with Gasteiger partial charge in [-0.3, -0.25) is 0 Å². The molecule has 0 spiro atoms. The van der Waals surface area contributed by atoms with Gasteiger partial charge in [-0.1, -0.05) is 34.8 Å². The lowest BCUT2D eigenvalue weighted by Crippen LogP contribution is -2.20. The molecule has 2 rings (SSSR count). The highest BCUT2D eigenvalue weighted by Gasteiger charge is 2.12. The smallest absolute Gasteiger partial charge is 0.308 e. The van der Waals surface area contributed by atoms with Gasteiger partial charge in [0.2, 0.25) is 0 Å². The Labute approximate surface area is 143 Å². The van der Waals surface area contributed by atoms with Crippen LogP contribution in [0.2, 0.25) is 15.1 Å². The Morgan fingerprint density at radius 1 is 1.00 bits per heavy atom. The molecule has 0 radical (unpaired) electrons. The predicted octanol–water partition coefficient (Wildman–Crippen LogP) is 6.19. The normalized spacial score (nSPS) is 10.3. The minimum absolute atomic E-state index is 0.0752. The van der Waals surface area contributed by atoms with Crippen molar-refractivity contribution in [3.05, 3.63) is 55.7 Å². The topological polar surface area (TPSA) is 41.1 Å². The van der Waals surface area contributed by atoms with Gasteiger partial charge in [-0.05, 0) is 46.3 Å². The van der Waals surface area contributed by atoms with Crippen molar-refractivity contribution in [2.24, 2.45) is 0 Å². The first-order valence-electron chi connectivity index (χ1n) is 5.54. The molecule has 8 heteroatoms. The molecule has 2 N–H and O–H groups in total. The van der Waals surface area contributed by atoms with E-state index >= 15 is 0 Å². The molecule has 21 heavy (non-hydrogen) atoms. The average molecular weight is 412 g/mol. The SMILES string of the molecule is O=C(Nc1ccc(Cl)c(Cl)c1)Nc1c(Cl)cc(F)cc1Br. The van der Waals surface area contributed by atoms with Crippen LogP contribution in [-0.4, -0.2) is 6.03 Å².